The van der Waals surface area contributed by atoms with Gasteiger partial charge in [-0.2, -0.15) is 0 Å². The number of hydrogen-bond acceptors (Lipinski definition) is 3. The van der Waals surface area contributed by atoms with Crippen LogP contribution < -0.4 is 5.32 Å². The molecule has 0 aliphatic carbocycles. The number of nitrogens with zero attached hydrogens (tertiary/aromatic N) is 2. The summed E-state index contributed by atoms with van der Waals surface area (Å²) >= 11 is 0. The maximum atomic E-state index is 13.4. The Labute approximate surface area is 168 Å². The first-order chi connectivity index (χ1) is 13.6. The highest BCUT2D eigenvalue weighted by Gasteiger charge is 2.53. The van der Waals surface area contributed by atoms with Crippen LogP contribution >= 0.6 is 0 Å². The SMILES string of the molecule is Cc1cccc([C@]2(C(=O)NCCCN3CCCCC3)C[C@@H]3CCC(=O)N3C2)c1. The minimum Gasteiger partial charge on any atom is -0.355 e. The Morgan fingerprint density at radius 3 is 2.82 bits per heavy atom. The third-order valence-electron chi connectivity index (χ3n) is 6.87. The van der Waals surface area contributed by atoms with Crippen LogP contribution in [0.4, 0.5) is 0 Å². The number of hydrogen-bond donors (Lipinski definition) is 1. The van der Waals surface area contributed by atoms with Crippen LogP contribution in [0.25, 0.3) is 0 Å². The molecule has 4 rings (SSSR count). The van der Waals surface area contributed by atoms with Gasteiger partial charge in [0.25, 0.3) is 0 Å². The normalized spacial score (nSPS) is 27.8. The summed E-state index contributed by atoms with van der Waals surface area (Å²) in [4.78, 5) is 30.2. The molecule has 5 heteroatoms. The van der Waals surface area contributed by atoms with Crippen molar-refractivity contribution in [3.8, 4) is 0 Å². The van der Waals surface area contributed by atoms with Crippen molar-refractivity contribution in [2.24, 2.45) is 0 Å². The Morgan fingerprint density at radius 1 is 1.25 bits per heavy atom. The molecule has 5 nitrogen and oxygen atoms in total. The van der Waals surface area contributed by atoms with Gasteiger partial charge in [0.2, 0.25) is 11.8 Å². The molecular formula is C23H33N3O2. The van der Waals surface area contributed by atoms with Gasteiger partial charge in [-0.15, -0.1) is 0 Å². The van der Waals surface area contributed by atoms with E-state index in [1.54, 1.807) is 0 Å². The van der Waals surface area contributed by atoms with E-state index in [-0.39, 0.29) is 17.9 Å². The van der Waals surface area contributed by atoms with E-state index in [1.807, 2.05) is 11.0 Å². The van der Waals surface area contributed by atoms with Crippen LogP contribution in [0, 0.1) is 6.92 Å². The van der Waals surface area contributed by atoms with Gasteiger partial charge in [-0.3, -0.25) is 9.59 Å². The van der Waals surface area contributed by atoms with E-state index in [9.17, 15) is 9.59 Å². The predicted octanol–water partition coefficient (Wildman–Crippen LogP) is 2.62. The molecule has 2 atom stereocenters. The number of amides is 2. The highest BCUT2D eigenvalue weighted by atomic mass is 16.2. The van der Waals surface area contributed by atoms with Gasteiger partial charge in [-0.05, 0) is 64.2 Å². The van der Waals surface area contributed by atoms with Crippen LogP contribution in [0.15, 0.2) is 24.3 Å². The van der Waals surface area contributed by atoms with Gasteiger partial charge in [-0.25, -0.2) is 0 Å². The topological polar surface area (TPSA) is 52.7 Å². The largest absolute Gasteiger partial charge is 0.355 e. The van der Waals surface area contributed by atoms with Crippen LogP contribution in [0.5, 0.6) is 0 Å². The molecule has 0 bridgehead atoms. The average molecular weight is 384 g/mol. The second kappa shape index (κ2) is 8.24. The van der Waals surface area contributed by atoms with Crippen molar-refractivity contribution in [1.29, 1.82) is 0 Å². The fourth-order valence-electron chi connectivity index (χ4n) is 5.28. The lowest BCUT2D eigenvalue weighted by molar-refractivity contribution is -0.129. The number of fused-ring (bicyclic) bond motifs is 1. The van der Waals surface area contributed by atoms with E-state index in [4.69, 9.17) is 0 Å². The van der Waals surface area contributed by atoms with Crippen LogP contribution in [0.3, 0.4) is 0 Å². The van der Waals surface area contributed by atoms with Crippen LogP contribution in [0.1, 0.15) is 56.1 Å². The van der Waals surface area contributed by atoms with Crippen molar-refractivity contribution < 1.29 is 9.59 Å². The summed E-state index contributed by atoms with van der Waals surface area (Å²) < 4.78 is 0. The van der Waals surface area contributed by atoms with Crippen LogP contribution in [-0.4, -0.2) is 60.4 Å². The van der Waals surface area contributed by atoms with E-state index in [0.717, 1.165) is 36.9 Å². The summed E-state index contributed by atoms with van der Waals surface area (Å²) in [6, 6.07) is 8.50. The Morgan fingerprint density at radius 2 is 2.07 bits per heavy atom. The second-order valence-electron chi connectivity index (χ2n) is 8.88. The zero-order chi connectivity index (χ0) is 19.6. The molecule has 1 aromatic carbocycles. The fraction of sp³-hybridized carbons (Fsp3) is 0.652. The molecule has 3 fully saturated rings. The van der Waals surface area contributed by atoms with Crippen molar-refractivity contribution in [2.75, 3.05) is 32.7 Å². The van der Waals surface area contributed by atoms with Crippen molar-refractivity contribution in [3.05, 3.63) is 35.4 Å². The summed E-state index contributed by atoms with van der Waals surface area (Å²) in [6.45, 7) is 6.75. The first-order valence-electron chi connectivity index (χ1n) is 11.0. The predicted molar refractivity (Wildman–Crippen MR) is 110 cm³/mol. The molecule has 0 radical (unpaired) electrons. The third-order valence-corrected chi connectivity index (χ3v) is 6.87. The maximum Gasteiger partial charge on any atom is 0.232 e. The summed E-state index contributed by atoms with van der Waals surface area (Å²) in [7, 11) is 0. The lowest BCUT2D eigenvalue weighted by atomic mass is 9.76. The minimum atomic E-state index is -0.599. The Kier molecular flexibility index (Phi) is 5.72. The number of rotatable bonds is 6. The van der Waals surface area contributed by atoms with E-state index in [2.05, 4.69) is 35.3 Å². The molecule has 152 valence electrons. The smallest absolute Gasteiger partial charge is 0.232 e. The Hall–Kier alpha value is -1.88. The van der Waals surface area contributed by atoms with Crippen molar-refractivity contribution in [2.45, 2.75) is 63.3 Å². The highest BCUT2D eigenvalue weighted by molar-refractivity contribution is 5.91. The number of carbonyl (C=O) groups excluding carboxylic acids is 2. The zero-order valence-electron chi connectivity index (χ0n) is 17.1. The number of benzene rings is 1. The van der Waals surface area contributed by atoms with E-state index < -0.39 is 5.41 Å². The number of carbonyl (C=O) groups is 2. The molecule has 3 aliphatic heterocycles. The van der Waals surface area contributed by atoms with Gasteiger partial charge in [0.1, 0.15) is 0 Å². The Balaban J connectivity index is 1.43. The van der Waals surface area contributed by atoms with Crippen LogP contribution in [0.2, 0.25) is 0 Å². The molecule has 3 saturated heterocycles. The summed E-state index contributed by atoms with van der Waals surface area (Å²) in [5.41, 5.74) is 1.62. The van der Waals surface area contributed by atoms with Gasteiger partial charge in [0.05, 0.1) is 5.41 Å². The molecule has 0 spiro atoms. The molecular weight excluding hydrogens is 350 g/mol. The van der Waals surface area contributed by atoms with E-state index in [1.165, 1.54) is 32.4 Å². The molecule has 1 N–H and O–H groups in total. The highest BCUT2D eigenvalue weighted by Crippen LogP contribution is 2.43. The van der Waals surface area contributed by atoms with Gasteiger partial charge in [-0.1, -0.05) is 36.2 Å². The number of piperidine rings is 1. The Bertz CT molecular complexity index is 728. The van der Waals surface area contributed by atoms with Crippen molar-refractivity contribution in [3.63, 3.8) is 0 Å². The fourth-order valence-corrected chi connectivity index (χ4v) is 5.28. The third kappa shape index (κ3) is 3.82. The zero-order valence-corrected chi connectivity index (χ0v) is 17.1. The quantitative estimate of drug-likeness (QED) is 0.769. The van der Waals surface area contributed by atoms with Crippen molar-refractivity contribution >= 4 is 11.8 Å². The van der Waals surface area contributed by atoms with Gasteiger partial charge >= 0.3 is 0 Å². The van der Waals surface area contributed by atoms with Gasteiger partial charge < -0.3 is 15.1 Å². The van der Waals surface area contributed by atoms with Crippen molar-refractivity contribution in [1.82, 2.24) is 15.1 Å². The number of nitrogens with one attached hydrogen (secondary N) is 1. The summed E-state index contributed by atoms with van der Waals surface area (Å²) in [5.74, 6) is 0.302. The molecule has 28 heavy (non-hydrogen) atoms. The average Bonchev–Trinajstić information content (AvgIpc) is 3.26. The minimum absolute atomic E-state index is 0.0962. The second-order valence-corrected chi connectivity index (χ2v) is 8.88. The molecule has 0 saturated carbocycles. The monoisotopic (exact) mass is 383 g/mol. The first-order valence-corrected chi connectivity index (χ1v) is 11.0. The molecule has 0 aromatic heterocycles. The number of likely N-dealkylation sites (tertiary alicyclic amines) is 1. The molecule has 3 heterocycles. The standard InChI is InChI=1S/C23H33N3O2/c1-18-7-5-8-19(15-18)23(16-20-9-10-21(27)26(20)17-23)22(28)24-11-6-14-25-12-3-2-4-13-25/h5,7-8,15,20H,2-4,6,9-14,16-17H2,1H3,(H,24,28)/t20-,23-/m0/s1. The lowest BCUT2D eigenvalue weighted by Crippen LogP contribution is -2.47. The molecule has 2 amide bonds. The van der Waals surface area contributed by atoms with E-state index >= 15 is 0 Å². The molecule has 0 unspecified atom stereocenters. The summed E-state index contributed by atoms with van der Waals surface area (Å²) in [6.07, 6.45) is 7.20. The lowest BCUT2D eigenvalue weighted by Gasteiger charge is -2.30. The maximum absolute atomic E-state index is 13.4. The van der Waals surface area contributed by atoms with Gasteiger partial charge in [0.15, 0.2) is 0 Å². The van der Waals surface area contributed by atoms with Crippen LogP contribution in [-0.2, 0) is 15.0 Å². The van der Waals surface area contributed by atoms with E-state index in [0.29, 0.717) is 19.5 Å². The summed E-state index contributed by atoms with van der Waals surface area (Å²) in [5, 5.41) is 3.22. The molecule has 1 aromatic rings. The first kappa shape index (κ1) is 19.4. The number of aryl methyl sites for hydroxylation is 1. The van der Waals surface area contributed by atoms with Gasteiger partial charge in [0, 0.05) is 25.6 Å². The molecule has 3 aliphatic rings.